The van der Waals surface area contributed by atoms with Crippen molar-refractivity contribution < 1.29 is 0 Å². The van der Waals surface area contributed by atoms with E-state index >= 15 is 0 Å². The summed E-state index contributed by atoms with van der Waals surface area (Å²) in [7, 11) is 0. The predicted octanol–water partition coefficient (Wildman–Crippen LogP) is 3.99. The lowest BCUT2D eigenvalue weighted by atomic mass is 10.1. The van der Waals surface area contributed by atoms with Gasteiger partial charge in [-0.25, -0.2) is 0 Å². The maximum Gasteiger partial charge on any atom is 0.0388 e. The second-order valence-corrected chi connectivity index (χ2v) is 7.47. The maximum absolute atomic E-state index is 3.79. The zero-order chi connectivity index (χ0) is 11.5. The molecular formula is C13H21NS2. The summed E-state index contributed by atoms with van der Waals surface area (Å²) in [4.78, 5) is 2.88. The molecule has 1 aliphatic heterocycles. The van der Waals surface area contributed by atoms with E-state index in [1.807, 2.05) is 11.3 Å². The lowest BCUT2D eigenvalue weighted by Crippen LogP contribution is -2.40. The van der Waals surface area contributed by atoms with Crippen molar-refractivity contribution in [3.05, 3.63) is 21.9 Å². The SMILES string of the molecule is Cc1ccc(C(C)NC2CCCSC2C)s1. The first-order chi connectivity index (χ1) is 7.66. The summed E-state index contributed by atoms with van der Waals surface area (Å²) in [6, 6.07) is 5.68. The molecule has 3 atom stereocenters. The molecule has 1 nitrogen and oxygen atoms in total. The Morgan fingerprint density at radius 1 is 1.44 bits per heavy atom. The first-order valence-corrected chi connectivity index (χ1v) is 7.97. The average Bonchev–Trinajstić information content (AvgIpc) is 2.68. The van der Waals surface area contributed by atoms with Crippen LogP contribution in [0.4, 0.5) is 0 Å². The van der Waals surface area contributed by atoms with Crippen LogP contribution in [0.1, 0.15) is 42.5 Å². The van der Waals surface area contributed by atoms with Gasteiger partial charge in [0.2, 0.25) is 0 Å². The van der Waals surface area contributed by atoms with E-state index in [0.717, 1.165) is 5.25 Å². The van der Waals surface area contributed by atoms with Crippen LogP contribution >= 0.6 is 23.1 Å². The lowest BCUT2D eigenvalue weighted by Gasteiger charge is -2.31. The third-order valence-electron chi connectivity index (χ3n) is 3.26. The second kappa shape index (κ2) is 5.56. The number of nitrogens with one attached hydrogen (secondary N) is 1. The largest absolute Gasteiger partial charge is 0.306 e. The van der Waals surface area contributed by atoms with Gasteiger partial charge in [-0.05, 0) is 44.6 Å². The van der Waals surface area contributed by atoms with Crippen molar-refractivity contribution >= 4 is 23.1 Å². The van der Waals surface area contributed by atoms with Crippen LogP contribution < -0.4 is 5.32 Å². The van der Waals surface area contributed by atoms with Gasteiger partial charge in [0.15, 0.2) is 0 Å². The smallest absolute Gasteiger partial charge is 0.0388 e. The van der Waals surface area contributed by atoms with Crippen molar-refractivity contribution in [3.63, 3.8) is 0 Å². The average molecular weight is 255 g/mol. The number of aryl methyl sites for hydroxylation is 1. The topological polar surface area (TPSA) is 12.0 Å². The minimum absolute atomic E-state index is 0.504. The van der Waals surface area contributed by atoms with Gasteiger partial charge in [-0.3, -0.25) is 0 Å². The molecule has 0 amide bonds. The normalized spacial score (nSPS) is 27.9. The minimum atomic E-state index is 0.504. The Kier molecular flexibility index (Phi) is 4.34. The molecule has 0 spiro atoms. The van der Waals surface area contributed by atoms with Gasteiger partial charge in [0, 0.05) is 27.1 Å². The Bertz CT molecular complexity index is 334. The van der Waals surface area contributed by atoms with Crippen LogP contribution in [0, 0.1) is 6.92 Å². The van der Waals surface area contributed by atoms with E-state index < -0.39 is 0 Å². The van der Waals surface area contributed by atoms with E-state index in [0.29, 0.717) is 12.1 Å². The molecule has 0 bridgehead atoms. The van der Waals surface area contributed by atoms with Crippen molar-refractivity contribution in [3.8, 4) is 0 Å². The Labute approximate surface area is 107 Å². The molecule has 1 aromatic heterocycles. The third-order valence-corrected chi connectivity index (χ3v) is 5.82. The Balaban J connectivity index is 1.93. The Morgan fingerprint density at radius 2 is 2.25 bits per heavy atom. The van der Waals surface area contributed by atoms with E-state index in [4.69, 9.17) is 0 Å². The van der Waals surface area contributed by atoms with Crippen molar-refractivity contribution in [1.82, 2.24) is 5.32 Å². The quantitative estimate of drug-likeness (QED) is 0.876. The molecule has 3 heteroatoms. The zero-order valence-corrected chi connectivity index (χ0v) is 12.0. The van der Waals surface area contributed by atoms with Gasteiger partial charge < -0.3 is 5.32 Å². The summed E-state index contributed by atoms with van der Waals surface area (Å²) in [6.45, 7) is 6.82. The molecule has 0 aliphatic carbocycles. The first-order valence-electron chi connectivity index (χ1n) is 6.11. The predicted molar refractivity (Wildman–Crippen MR) is 75.5 cm³/mol. The zero-order valence-electron chi connectivity index (χ0n) is 10.3. The molecule has 0 aromatic carbocycles. The fraction of sp³-hybridized carbons (Fsp3) is 0.692. The monoisotopic (exact) mass is 255 g/mol. The molecule has 1 aliphatic rings. The van der Waals surface area contributed by atoms with Crippen LogP contribution in [0.3, 0.4) is 0 Å². The molecule has 1 N–H and O–H groups in total. The number of hydrogen-bond donors (Lipinski definition) is 1. The van der Waals surface area contributed by atoms with Gasteiger partial charge in [-0.2, -0.15) is 11.8 Å². The van der Waals surface area contributed by atoms with Crippen LogP contribution in [0.15, 0.2) is 12.1 Å². The van der Waals surface area contributed by atoms with E-state index in [1.54, 1.807) is 0 Å². The van der Waals surface area contributed by atoms with Crippen LogP contribution in [-0.4, -0.2) is 17.0 Å². The highest BCUT2D eigenvalue weighted by Gasteiger charge is 2.23. The van der Waals surface area contributed by atoms with E-state index in [-0.39, 0.29) is 0 Å². The van der Waals surface area contributed by atoms with Crippen molar-refractivity contribution in [2.45, 2.75) is 50.9 Å². The molecule has 1 aromatic rings. The number of hydrogen-bond acceptors (Lipinski definition) is 3. The molecule has 0 saturated carbocycles. The van der Waals surface area contributed by atoms with Gasteiger partial charge in [0.25, 0.3) is 0 Å². The fourth-order valence-electron chi connectivity index (χ4n) is 2.23. The van der Waals surface area contributed by atoms with Gasteiger partial charge >= 0.3 is 0 Å². The summed E-state index contributed by atoms with van der Waals surface area (Å²) in [5, 5.41) is 4.55. The molecule has 2 rings (SSSR count). The molecular weight excluding hydrogens is 234 g/mol. The molecule has 1 saturated heterocycles. The lowest BCUT2D eigenvalue weighted by molar-refractivity contribution is 0.420. The van der Waals surface area contributed by atoms with Gasteiger partial charge in [-0.15, -0.1) is 11.3 Å². The summed E-state index contributed by atoms with van der Waals surface area (Å²) in [5.74, 6) is 1.34. The number of rotatable bonds is 3. The highest BCUT2D eigenvalue weighted by Crippen LogP contribution is 2.28. The Hall–Kier alpha value is 0.01000. The summed E-state index contributed by atoms with van der Waals surface area (Å²) < 4.78 is 0. The maximum atomic E-state index is 3.79. The van der Waals surface area contributed by atoms with Crippen LogP contribution in [0.25, 0.3) is 0 Å². The highest BCUT2D eigenvalue weighted by atomic mass is 32.2. The number of thioether (sulfide) groups is 1. The van der Waals surface area contributed by atoms with E-state index in [2.05, 4.69) is 50.0 Å². The molecule has 16 heavy (non-hydrogen) atoms. The summed E-state index contributed by atoms with van der Waals surface area (Å²) >= 11 is 4.03. The highest BCUT2D eigenvalue weighted by molar-refractivity contribution is 7.99. The fourth-order valence-corrected chi connectivity index (χ4v) is 4.27. The molecule has 1 fully saturated rings. The second-order valence-electron chi connectivity index (χ2n) is 4.66. The van der Waals surface area contributed by atoms with Crippen LogP contribution in [-0.2, 0) is 0 Å². The van der Waals surface area contributed by atoms with Gasteiger partial charge in [-0.1, -0.05) is 6.92 Å². The molecule has 90 valence electrons. The van der Waals surface area contributed by atoms with Crippen molar-refractivity contribution in [2.75, 3.05) is 5.75 Å². The Morgan fingerprint density at radius 3 is 2.88 bits per heavy atom. The minimum Gasteiger partial charge on any atom is -0.306 e. The summed E-state index contributed by atoms with van der Waals surface area (Å²) in [6.07, 6.45) is 2.70. The van der Waals surface area contributed by atoms with Crippen LogP contribution in [0.2, 0.25) is 0 Å². The molecule has 2 heterocycles. The van der Waals surface area contributed by atoms with E-state index in [9.17, 15) is 0 Å². The standard InChI is InChI=1S/C13H21NS2/c1-9-6-7-13(16-9)10(2)14-12-5-4-8-15-11(12)3/h6-7,10-12,14H,4-5,8H2,1-3H3. The molecule has 0 radical (unpaired) electrons. The molecule has 3 unspecified atom stereocenters. The van der Waals surface area contributed by atoms with Crippen LogP contribution in [0.5, 0.6) is 0 Å². The van der Waals surface area contributed by atoms with Gasteiger partial charge in [0.1, 0.15) is 0 Å². The third kappa shape index (κ3) is 3.02. The number of thiophene rings is 1. The van der Waals surface area contributed by atoms with E-state index in [1.165, 1.54) is 28.3 Å². The van der Waals surface area contributed by atoms with Crippen molar-refractivity contribution in [1.29, 1.82) is 0 Å². The summed E-state index contributed by atoms with van der Waals surface area (Å²) in [5.41, 5.74) is 0. The van der Waals surface area contributed by atoms with Gasteiger partial charge in [0.05, 0.1) is 0 Å². The van der Waals surface area contributed by atoms with Crippen molar-refractivity contribution in [2.24, 2.45) is 0 Å². The first kappa shape index (κ1) is 12.5.